The maximum atomic E-state index is 12.2. The summed E-state index contributed by atoms with van der Waals surface area (Å²) in [7, 11) is 1.59. The highest BCUT2D eigenvalue weighted by Gasteiger charge is 2.33. The van der Waals surface area contributed by atoms with Gasteiger partial charge in [-0.1, -0.05) is 39.0 Å². The molecule has 0 aromatic heterocycles. The molecule has 3 heteroatoms. The maximum Gasteiger partial charge on any atom is 0.246 e. The summed E-state index contributed by atoms with van der Waals surface area (Å²) in [6.07, 6.45) is 0. The minimum Gasteiger partial charge on any atom is -0.283 e. The Hall–Kier alpha value is -1.35. The van der Waals surface area contributed by atoms with Gasteiger partial charge in [0.1, 0.15) is 0 Å². The van der Waals surface area contributed by atoms with E-state index in [4.69, 9.17) is 5.84 Å². The van der Waals surface area contributed by atoms with Crippen molar-refractivity contribution in [3.63, 3.8) is 0 Å². The molecule has 2 N–H and O–H groups in total. The van der Waals surface area contributed by atoms with Crippen LogP contribution in [0.15, 0.2) is 18.2 Å². The number of likely N-dealkylation sites (N-methyl/N-ethyl adjacent to an activating group) is 1. The summed E-state index contributed by atoms with van der Waals surface area (Å²) in [6, 6.07) is 6.33. The van der Waals surface area contributed by atoms with Crippen molar-refractivity contribution in [3.05, 3.63) is 34.9 Å². The second kappa shape index (κ2) is 4.97. The van der Waals surface area contributed by atoms with Gasteiger partial charge in [-0.3, -0.25) is 9.80 Å². The molecule has 1 rings (SSSR count). The van der Waals surface area contributed by atoms with Gasteiger partial charge in [-0.15, -0.1) is 0 Å². The van der Waals surface area contributed by atoms with E-state index in [1.165, 1.54) is 5.56 Å². The van der Waals surface area contributed by atoms with Crippen LogP contribution < -0.4 is 5.84 Å². The molecule has 0 aliphatic carbocycles. The second-order valence-corrected chi connectivity index (χ2v) is 6.82. The fraction of sp³-hybridized carbons (Fsp3) is 0.562. The van der Waals surface area contributed by atoms with Gasteiger partial charge < -0.3 is 0 Å². The van der Waals surface area contributed by atoms with Crippen LogP contribution in [0.25, 0.3) is 0 Å². The molecule has 19 heavy (non-hydrogen) atoms. The molecule has 0 aliphatic rings. The molecule has 0 spiro atoms. The smallest absolute Gasteiger partial charge is 0.246 e. The van der Waals surface area contributed by atoms with E-state index in [1.807, 2.05) is 13.8 Å². The molecule has 1 amide bonds. The Morgan fingerprint density at radius 2 is 1.68 bits per heavy atom. The molecule has 0 saturated carbocycles. The van der Waals surface area contributed by atoms with Crippen molar-refractivity contribution in [2.75, 3.05) is 7.05 Å². The first-order chi connectivity index (χ1) is 8.48. The van der Waals surface area contributed by atoms with E-state index in [1.54, 1.807) is 7.05 Å². The molecule has 0 fully saturated rings. The number of amides is 1. The van der Waals surface area contributed by atoms with Gasteiger partial charge in [-0.05, 0) is 42.9 Å². The number of benzene rings is 1. The number of carbonyl (C=O) groups is 1. The summed E-state index contributed by atoms with van der Waals surface area (Å²) >= 11 is 0. The zero-order chi connectivity index (χ0) is 15.0. The van der Waals surface area contributed by atoms with E-state index >= 15 is 0 Å². The van der Waals surface area contributed by atoms with Crippen molar-refractivity contribution in [2.24, 2.45) is 5.84 Å². The van der Waals surface area contributed by atoms with Crippen LogP contribution in [0.5, 0.6) is 0 Å². The van der Waals surface area contributed by atoms with Crippen LogP contribution in [0.2, 0.25) is 0 Å². The molecule has 0 saturated heterocycles. The van der Waals surface area contributed by atoms with Crippen LogP contribution in [-0.2, 0) is 15.6 Å². The molecule has 106 valence electrons. The Morgan fingerprint density at radius 3 is 2.05 bits per heavy atom. The van der Waals surface area contributed by atoms with Crippen LogP contribution in [0.4, 0.5) is 0 Å². The van der Waals surface area contributed by atoms with Crippen LogP contribution in [0, 0.1) is 6.92 Å². The summed E-state index contributed by atoms with van der Waals surface area (Å²) < 4.78 is 0. The molecule has 1 aromatic rings. The fourth-order valence-electron chi connectivity index (χ4n) is 2.39. The Balaban J connectivity index is 3.27. The highest BCUT2D eigenvalue weighted by molar-refractivity contribution is 5.87. The van der Waals surface area contributed by atoms with Gasteiger partial charge in [0.05, 0.1) is 5.41 Å². The SMILES string of the molecule is Cc1cc(C(C)(C)C)ccc1C(C)(C)C(=O)N(C)N. The molecule has 0 atom stereocenters. The zero-order valence-electron chi connectivity index (χ0n) is 13.2. The number of rotatable bonds is 2. The molecule has 1 aromatic carbocycles. The molecular weight excluding hydrogens is 236 g/mol. The largest absolute Gasteiger partial charge is 0.283 e. The average Bonchev–Trinajstić information content (AvgIpc) is 2.26. The first-order valence-electron chi connectivity index (χ1n) is 6.62. The fourth-order valence-corrected chi connectivity index (χ4v) is 2.39. The lowest BCUT2D eigenvalue weighted by molar-refractivity contribution is -0.135. The minimum atomic E-state index is -0.607. The lowest BCUT2D eigenvalue weighted by Crippen LogP contribution is -2.45. The van der Waals surface area contributed by atoms with Crippen molar-refractivity contribution < 1.29 is 4.79 Å². The molecule has 3 nitrogen and oxygen atoms in total. The van der Waals surface area contributed by atoms with Crippen molar-refractivity contribution in [1.29, 1.82) is 0 Å². The monoisotopic (exact) mass is 262 g/mol. The Morgan fingerprint density at radius 1 is 1.16 bits per heavy atom. The summed E-state index contributed by atoms with van der Waals surface area (Å²) in [6.45, 7) is 12.4. The second-order valence-electron chi connectivity index (χ2n) is 6.82. The third kappa shape index (κ3) is 3.16. The Labute approximate surface area is 116 Å². The summed E-state index contributed by atoms with van der Waals surface area (Å²) in [4.78, 5) is 12.2. The average molecular weight is 262 g/mol. The van der Waals surface area contributed by atoms with Crippen LogP contribution in [0.3, 0.4) is 0 Å². The van der Waals surface area contributed by atoms with Gasteiger partial charge in [0.2, 0.25) is 5.91 Å². The Bertz CT molecular complexity index is 482. The van der Waals surface area contributed by atoms with Gasteiger partial charge in [0, 0.05) is 7.05 Å². The highest BCUT2D eigenvalue weighted by Crippen LogP contribution is 2.31. The van der Waals surface area contributed by atoms with Gasteiger partial charge in [-0.2, -0.15) is 0 Å². The van der Waals surface area contributed by atoms with Crippen LogP contribution >= 0.6 is 0 Å². The van der Waals surface area contributed by atoms with Crippen molar-refractivity contribution >= 4 is 5.91 Å². The molecule has 0 aliphatic heterocycles. The zero-order valence-corrected chi connectivity index (χ0v) is 13.2. The number of hydrogen-bond donors (Lipinski definition) is 1. The first-order valence-corrected chi connectivity index (χ1v) is 6.62. The first kappa shape index (κ1) is 15.7. The predicted molar refractivity (Wildman–Crippen MR) is 79.9 cm³/mol. The molecule has 0 unspecified atom stereocenters. The van der Waals surface area contributed by atoms with Gasteiger partial charge >= 0.3 is 0 Å². The number of carbonyl (C=O) groups excluding carboxylic acids is 1. The van der Waals surface area contributed by atoms with E-state index in [0.29, 0.717) is 0 Å². The van der Waals surface area contributed by atoms with E-state index in [0.717, 1.165) is 16.1 Å². The van der Waals surface area contributed by atoms with Crippen LogP contribution in [0.1, 0.15) is 51.3 Å². The third-order valence-corrected chi connectivity index (χ3v) is 3.62. The van der Waals surface area contributed by atoms with E-state index < -0.39 is 5.41 Å². The maximum absolute atomic E-state index is 12.2. The van der Waals surface area contributed by atoms with Gasteiger partial charge in [-0.25, -0.2) is 5.84 Å². The minimum absolute atomic E-state index is 0.0842. The summed E-state index contributed by atoms with van der Waals surface area (Å²) in [5.41, 5.74) is 2.94. The molecular formula is C16H26N2O. The quantitative estimate of drug-likeness (QED) is 0.506. The summed E-state index contributed by atoms with van der Waals surface area (Å²) in [5.74, 6) is 5.51. The van der Waals surface area contributed by atoms with Crippen LogP contribution in [-0.4, -0.2) is 18.0 Å². The lowest BCUT2D eigenvalue weighted by Gasteiger charge is -2.30. The predicted octanol–water partition coefficient (Wildman–Crippen LogP) is 2.90. The number of hydrogen-bond acceptors (Lipinski definition) is 2. The highest BCUT2D eigenvalue weighted by atomic mass is 16.2. The number of nitrogens with zero attached hydrogens (tertiary/aromatic N) is 1. The van der Waals surface area contributed by atoms with E-state index in [-0.39, 0.29) is 11.3 Å². The Kier molecular flexibility index (Phi) is 4.11. The third-order valence-electron chi connectivity index (χ3n) is 3.62. The topological polar surface area (TPSA) is 46.3 Å². The summed E-state index contributed by atoms with van der Waals surface area (Å²) in [5, 5.41) is 1.16. The number of aryl methyl sites for hydroxylation is 1. The molecule has 0 radical (unpaired) electrons. The molecule has 0 bridgehead atoms. The van der Waals surface area contributed by atoms with Crippen molar-refractivity contribution in [2.45, 2.75) is 52.4 Å². The standard InChI is InChI=1S/C16H26N2O/c1-11-10-12(15(2,3)4)8-9-13(11)16(5,6)14(19)18(7)17/h8-10H,17H2,1-7H3. The lowest BCUT2D eigenvalue weighted by atomic mass is 9.78. The van der Waals surface area contributed by atoms with Gasteiger partial charge in [0.15, 0.2) is 0 Å². The van der Waals surface area contributed by atoms with Crippen molar-refractivity contribution in [3.8, 4) is 0 Å². The molecule has 0 heterocycles. The normalized spacial score (nSPS) is 12.4. The van der Waals surface area contributed by atoms with Crippen molar-refractivity contribution in [1.82, 2.24) is 5.01 Å². The number of nitrogens with two attached hydrogens (primary N) is 1. The van der Waals surface area contributed by atoms with Gasteiger partial charge in [0.25, 0.3) is 0 Å². The van der Waals surface area contributed by atoms with E-state index in [2.05, 4.69) is 45.9 Å². The number of hydrazine groups is 1. The van der Waals surface area contributed by atoms with E-state index in [9.17, 15) is 4.79 Å².